The molecule has 4 nitrogen and oxygen atoms in total. The first kappa shape index (κ1) is 12.9. The van der Waals surface area contributed by atoms with Crippen LogP contribution in [0, 0.1) is 0 Å². The lowest BCUT2D eigenvalue weighted by Gasteiger charge is -2.18. The molecule has 0 aliphatic carbocycles. The third-order valence-electron chi connectivity index (χ3n) is 2.41. The Morgan fingerprint density at radius 1 is 1.50 bits per heavy atom. The fourth-order valence-corrected chi connectivity index (χ4v) is 1.39. The van der Waals surface area contributed by atoms with E-state index in [1.165, 1.54) is 5.56 Å². The Labute approximate surface area is 97.6 Å². The van der Waals surface area contributed by atoms with Gasteiger partial charge >= 0.3 is 0 Å². The number of nitrogens with zero attached hydrogens (tertiary/aromatic N) is 2. The second-order valence-electron chi connectivity index (χ2n) is 3.72. The lowest BCUT2D eigenvalue weighted by atomic mass is 10.2. The van der Waals surface area contributed by atoms with Gasteiger partial charge in [-0.15, -0.1) is 0 Å². The largest absolute Gasteiger partial charge is 0.383 e. The number of anilines is 1. The average Bonchev–Trinajstić information content (AvgIpc) is 2.33. The molecule has 0 saturated carbocycles. The summed E-state index contributed by atoms with van der Waals surface area (Å²) in [7, 11) is 3.74. The summed E-state index contributed by atoms with van der Waals surface area (Å²) in [6.45, 7) is 5.55. The van der Waals surface area contributed by atoms with E-state index in [0.717, 1.165) is 32.1 Å². The first-order chi connectivity index (χ1) is 7.77. The van der Waals surface area contributed by atoms with Crippen LogP contribution in [0.25, 0.3) is 0 Å². The predicted octanol–water partition coefficient (Wildman–Crippen LogP) is 1.27. The molecule has 0 aromatic carbocycles. The zero-order valence-corrected chi connectivity index (χ0v) is 10.4. The van der Waals surface area contributed by atoms with Crippen LogP contribution >= 0.6 is 0 Å². The number of hydrogen-bond acceptors (Lipinski definition) is 4. The van der Waals surface area contributed by atoms with Crippen LogP contribution in [-0.4, -0.2) is 38.8 Å². The van der Waals surface area contributed by atoms with E-state index in [2.05, 4.69) is 28.2 Å². The van der Waals surface area contributed by atoms with Crippen molar-refractivity contribution >= 4 is 5.82 Å². The summed E-state index contributed by atoms with van der Waals surface area (Å²) < 4.78 is 5.05. The quantitative estimate of drug-likeness (QED) is 0.755. The van der Waals surface area contributed by atoms with Crippen LogP contribution in [0.3, 0.4) is 0 Å². The van der Waals surface area contributed by atoms with Crippen molar-refractivity contribution in [2.24, 2.45) is 0 Å². The third kappa shape index (κ3) is 4.16. The number of ether oxygens (including phenoxy) is 1. The number of rotatable bonds is 7. The van der Waals surface area contributed by atoms with Gasteiger partial charge < -0.3 is 15.0 Å². The molecule has 1 aromatic heterocycles. The lowest BCUT2D eigenvalue weighted by molar-refractivity contribution is 0.206. The zero-order chi connectivity index (χ0) is 11.8. The summed E-state index contributed by atoms with van der Waals surface area (Å²) in [5.74, 6) is 0.993. The summed E-state index contributed by atoms with van der Waals surface area (Å²) in [4.78, 5) is 6.44. The Balaban J connectivity index is 2.58. The SMILES string of the molecule is CCNCc1ccnc(N(C)CCOC)c1. The second kappa shape index (κ2) is 7.19. The van der Waals surface area contributed by atoms with E-state index in [1.807, 2.05) is 19.3 Å². The predicted molar refractivity (Wildman–Crippen MR) is 66.8 cm³/mol. The van der Waals surface area contributed by atoms with Gasteiger partial charge in [0, 0.05) is 33.4 Å². The normalized spacial score (nSPS) is 10.4. The van der Waals surface area contributed by atoms with Gasteiger partial charge in [-0.05, 0) is 24.2 Å². The van der Waals surface area contributed by atoms with Crippen LogP contribution in [0.2, 0.25) is 0 Å². The van der Waals surface area contributed by atoms with Crippen LogP contribution in [0.1, 0.15) is 12.5 Å². The van der Waals surface area contributed by atoms with E-state index in [4.69, 9.17) is 4.74 Å². The first-order valence-electron chi connectivity index (χ1n) is 5.63. The Bertz CT molecular complexity index is 304. The monoisotopic (exact) mass is 223 g/mol. The molecule has 1 rings (SSSR count). The minimum Gasteiger partial charge on any atom is -0.383 e. The number of aromatic nitrogens is 1. The van der Waals surface area contributed by atoms with Gasteiger partial charge in [-0.2, -0.15) is 0 Å². The lowest BCUT2D eigenvalue weighted by Crippen LogP contribution is -2.23. The number of hydrogen-bond donors (Lipinski definition) is 1. The minimum atomic E-state index is 0.718. The molecule has 1 aromatic rings. The van der Waals surface area contributed by atoms with Crippen molar-refractivity contribution in [1.29, 1.82) is 0 Å². The standard InChI is InChI=1S/C12H21N3O/c1-4-13-10-11-5-6-14-12(9-11)15(2)7-8-16-3/h5-6,9,13H,4,7-8,10H2,1-3H3. The Kier molecular flexibility index (Phi) is 5.82. The summed E-state index contributed by atoms with van der Waals surface area (Å²) in [6, 6.07) is 4.15. The van der Waals surface area contributed by atoms with Gasteiger partial charge in [-0.1, -0.05) is 6.92 Å². The minimum absolute atomic E-state index is 0.718. The molecule has 90 valence electrons. The molecule has 0 bridgehead atoms. The molecule has 16 heavy (non-hydrogen) atoms. The average molecular weight is 223 g/mol. The van der Waals surface area contributed by atoms with Gasteiger partial charge in [-0.25, -0.2) is 4.98 Å². The summed E-state index contributed by atoms with van der Waals surface area (Å²) >= 11 is 0. The van der Waals surface area contributed by atoms with Crippen LogP contribution in [0.4, 0.5) is 5.82 Å². The maximum absolute atomic E-state index is 5.05. The molecule has 0 fully saturated rings. The van der Waals surface area contributed by atoms with Crippen LogP contribution in [-0.2, 0) is 11.3 Å². The fourth-order valence-electron chi connectivity index (χ4n) is 1.39. The van der Waals surface area contributed by atoms with Crippen molar-refractivity contribution in [1.82, 2.24) is 10.3 Å². The highest BCUT2D eigenvalue weighted by Gasteiger charge is 2.02. The van der Waals surface area contributed by atoms with E-state index < -0.39 is 0 Å². The molecule has 0 atom stereocenters. The molecule has 0 amide bonds. The number of nitrogens with one attached hydrogen (secondary N) is 1. The summed E-state index contributed by atoms with van der Waals surface area (Å²) in [6.07, 6.45) is 1.85. The highest BCUT2D eigenvalue weighted by Crippen LogP contribution is 2.10. The summed E-state index contributed by atoms with van der Waals surface area (Å²) in [5.41, 5.74) is 1.26. The molecule has 1 N–H and O–H groups in total. The Hall–Kier alpha value is -1.13. The Morgan fingerprint density at radius 3 is 3.00 bits per heavy atom. The number of methoxy groups -OCH3 is 1. The highest BCUT2D eigenvalue weighted by molar-refractivity contribution is 5.39. The van der Waals surface area contributed by atoms with Gasteiger partial charge in [0.15, 0.2) is 0 Å². The van der Waals surface area contributed by atoms with Crippen molar-refractivity contribution in [3.05, 3.63) is 23.9 Å². The molecule has 0 spiro atoms. The van der Waals surface area contributed by atoms with Crippen LogP contribution < -0.4 is 10.2 Å². The van der Waals surface area contributed by atoms with E-state index in [0.29, 0.717) is 0 Å². The van der Waals surface area contributed by atoms with Gasteiger partial charge in [0.05, 0.1) is 6.61 Å². The smallest absolute Gasteiger partial charge is 0.128 e. The summed E-state index contributed by atoms with van der Waals surface area (Å²) in [5, 5.41) is 3.30. The Morgan fingerprint density at radius 2 is 2.31 bits per heavy atom. The maximum atomic E-state index is 5.05. The molecular weight excluding hydrogens is 202 g/mol. The van der Waals surface area contributed by atoms with Crippen molar-refractivity contribution in [2.45, 2.75) is 13.5 Å². The van der Waals surface area contributed by atoms with E-state index in [1.54, 1.807) is 7.11 Å². The molecule has 0 unspecified atom stereocenters. The van der Waals surface area contributed by atoms with E-state index >= 15 is 0 Å². The van der Waals surface area contributed by atoms with Crippen molar-refractivity contribution in [2.75, 3.05) is 38.8 Å². The molecule has 0 radical (unpaired) electrons. The molecule has 0 aliphatic rings. The number of pyridine rings is 1. The van der Waals surface area contributed by atoms with Gasteiger partial charge in [0.1, 0.15) is 5.82 Å². The number of likely N-dealkylation sites (N-methyl/N-ethyl adjacent to an activating group) is 1. The molecule has 1 heterocycles. The third-order valence-corrected chi connectivity index (χ3v) is 2.41. The molecular formula is C12H21N3O. The molecule has 0 aliphatic heterocycles. The van der Waals surface area contributed by atoms with Crippen molar-refractivity contribution in [3.8, 4) is 0 Å². The van der Waals surface area contributed by atoms with Crippen LogP contribution in [0.15, 0.2) is 18.3 Å². The maximum Gasteiger partial charge on any atom is 0.128 e. The van der Waals surface area contributed by atoms with Crippen LogP contribution in [0.5, 0.6) is 0 Å². The van der Waals surface area contributed by atoms with Crippen molar-refractivity contribution in [3.63, 3.8) is 0 Å². The van der Waals surface area contributed by atoms with Gasteiger partial charge in [0.2, 0.25) is 0 Å². The first-order valence-corrected chi connectivity index (χ1v) is 5.63. The second-order valence-corrected chi connectivity index (χ2v) is 3.72. The van der Waals surface area contributed by atoms with E-state index in [-0.39, 0.29) is 0 Å². The van der Waals surface area contributed by atoms with Crippen molar-refractivity contribution < 1.29 is 4.74 Å². The zero-order valence-electron chi connectivity index (χ0n) is 10.4. The van der Waals surface area contributed by atoms with E-state index in [9.17, 15) is 0 Å². The highest BCUT2D eigenvalue weighted by atomic mass is 16.5. The van der Waals surface area contributed by atoms with Gasteiger partial charge in [0.25, 0.3) is 0 Å². The molecule has 4 heteroatoms. The molecule has 0 saturated heterocycles. The van der Waals surface area contributed by atoms with Gasteiger partial charge in [-0.3, -0.25) is 0 Å². The fraction of sp³-hybridized carbons (Fsp3) is 0.583. The topological polar surface area (TPSA) is 37.4 Å².